The predicted octanol–water partition coefficient (Wildman–Crippen LogP) is 2.32. The summed E-state index contributed by atoms with van der Waals surface area (Å²) < 4.78 is 12.1. The molecule has 0 amide bonds. The summed E-state index contributed by atoms with van der Waals surface area (Å²) in [4.78, 5) is 14.0. The second kappa shape index (κ2) is 3.01. The molecular formula is C10H8FNO. The third-order valence-electron chi connectivity index (χ3n) is 2.01. The van der Waals surface area contributed by atoms with Crippen molar-refractivity contribution >= 4 is 16.7 Å². The van der Waals surface area contributed by atoms with E-state index in [2.05, 4.69) is 4.98 Å². The number of hydrogen-bond donors (Lipinski definition) is 1. The molecule has 0 aliphatic rings. The molecule has 13 heavy (non-hydrogen) atoms. The summed E-state index contributed by atoms with van der Waals surface area (Å²) in [6.07, 6.45) is 1.55. The largest absolute Gasteiger partial charge is 0.360 e. The van der Waals surface area contributed by atoms with Crippen LogP contribution in [0.1, 0.15) is 10.4 Å². The Kier molecular flexibility index (Phi) is 1.85. The summed E-state index contributed by atoms with van der Waals surface area (Å²) >= 11 is 0. The topological polar surface area (TPSA) is 32.9 Å². The summed E-state index contributed by atoms with van der Waals surface area (Å²) in [5, 5.41) is 0.783. The number of para-hydroxylation sites is 1. The Hall–Kier alpha value is -1.64. The Balaban J connectivity index is 2.64. The molecule has 0 spiro atoms. The van der Waals surface area contributed by atoms with Crippen LogP contribution in [0.25, 0.3) is 10.9 Å². The quantitative estimate of drug-likeness (QED) is 0.701. The Morgan fingerprint density at radius 3 is 2.92 bits per heavy atom. The van der Waals surface area contributed by atoms with Crippen molar-refractivity contribution < 1.29 is 9.18 Å². The molecule has 0 aliphatic carbocycles. The highest BCUT2D eigenvalue weighted by atomic mass is 19.1. The van der Waals surface area contributed by atoms with Crippen molar-refractivity contribution in [3.05, 3.63) is 36.0 Å². The monoisotopic (exact) mass is 177 g/mol. The van der Waals surface area contributed by atoms with Crippen LogP contribution >= 0.6 is 0 Å². The van der Waals surface area contributed by atoms with Crippen molar-refractivity contribution in [2.24, 2.45) is 0 Å². The van der Waals surface area contributed by atoms with Gasteiger partial charge in [-0.3, -0.25) is 4.79 Å². The van der Waals surface area contributed by atoms with Crippen molar-refractivity contribution in [2.75, 3.05) is 6.67 Å². The zero-order chi connectivity index (χ0) is 9.26. The fourth-order valence-electron chi connectivity index (χ4n) is 1.37. The molecule has 1 aromatic carbocycles. The zero-order valence-corrected chi connectivity index (χ0v) is 6.88. The lowest BCUT2D eigenvalue weighted by molar-refractivity contribution is 0.0960. The molecule has 0 bridgehead atoms. The molecule has 0 radical (unpaired) electrons. The second-order valence-electron chi connectivity index (χ2n) is 2.80. The molecule has 2 rings (SSSR count). The molecule has 0 fully saturated rings. The Labute approximate surface area is 74.4 Å². The van der Waals surface area contributed by atoms with E-state index < -0.39 is 12.5 Å². The summed E-state index contributed by atoms with van der Waals surface area (Å²) in [7, 11) is 0. The predicted molar refractivity (Wildman–Crippen MR) is 48.6 cm³/mol. The molecular weight excluding hydrogens is 169 g/mol. The molecule has 3 heteroatoms. The first-order valence-electron chi connectivity index (χ1n) is 3.98. The molecule has 0 aliphatic heterocycles. The van der Waals surface area contributed by atoms with Gasteiger partial charge in [0, 0.05) is 22.7 Å². The molecule has 0 atom stereocenters. The number of nitrogens with one attached hydrogen (secondary N) is 1. The SMILES string of the molecule is O=C(CF)c1c[nH]c2ccccc12. The van der Waals surface area contributed by atoms with Crippen LogP contribution in [0.3, 0.4) is 0 Å². The van der Waals surface area contributed by atoms with Crippen LogP contribution < -0.4 is 0 Å². The van der Waals surface area contributed by atoms with Crippen molar-refractivity contribution in [3.8, 4) is 0 Å². The van der Waals surface area contributed by atoms with Crippen LogP contribution in [0.5, 0.6) is 0 Å². The van der Waals surface area contributed by atoms with Crippen molar-refractivity contribution in [3.63, 3.8) is 0 Å². The lowest BCUT2D eigenvalue weighted by atomic mass is 10.1. The molecule has 66 valence electrons. The van der Waals surface area contributed by atoms with Gasteiger partial charge in [-0.2, -0.15) is 0 Å². The molecule has 2 nitrogen and oxygen atoms in total. The average Bonchev–Trinajstić information content (AvgIpc) is 2.60. The van der Waals surface area contributed by atoms with E-state index in [4.69, 9.17) is 0 Å². The summed E-state index contributed by atoms with van der Waals surface area (Å²) in [6.45, 7) is -0.943. The van der Waals surface area contributed by atoms with E-state index in [0.29, 0.717) is 5.56 Å². The third-order valence-corrected chi connectivity index (χ3v) is 2.01. The Morgan fingerprint density at radius 2 is 2.15 bits per heavy atom. The molecule has 1 aromatic heterocycles. The van der Waals surface area contributed by atoms with Crippen LogP contribution in [0.4, 0.5) is 4.39 Å². The van der Waals surface area contributed by atoms with Gasteiger partial charge in [0.05, 0.1) is 0 Å². The smallest absolute Gasteiger partial charge is 0.195 e. The Bertz CT molecular complexity index is 447. The van der Waals surface area contributed by atoms with Gasteiger partial charge in [0.15, 0.2) is 12.5 Å². The van der Waals surface area contributed by atoms with E-state index in [1.807, 2.05) is 18.2 Å². The fourth-order valence-corrected chi connectivity index (χ4v) is 1.37. The maximum absolute atomic E-state index is 12.1. The lowest BCUT2D eigenvalue weighted by Crippen LogP contribution is -1.98. The van der Waals surface area contributed by atoms with Gasteiger partial charge in [-0.15, -0.1) is 0 Å². The van der Waals surface area contributed by atoms with Crippen molar-refractivity contribution in [1.29, 1.82) is 0 Å². The summed E-state index contributed by atoms with van der Waals surface area (Å²) in [6, 6.07) is 7.34. The lowest BCUT2D eigenvalue weighted by Gasteiger charge is -1.92. The minimum Gasteiger partial charge on any atom is -0.360 e. The molecule has 0 unspecified atom stereocenters. The van der Waals surface area contributed by atoms with Gasteiger partial charge >= 0.3 is 0 Å². The molecule has 0 saturated heterocycles. The number of ketones is 1. The van der Waals surface area contributed by atoms with E-state index in [0.717, 1.165) is 10.9 Å². The average molecular weight is 177 g/mol. The van der Waals surface area contributed by atoms with E-state index in [-0.39, 0.29) is 0 Å². The van der Waals surface area contributed by atoms with Crippen molar-refractivity contribution in [1.82, 2.24) is 4.98 Å². The highest BCUT2D eigenvalue weighted by Crippen LogP contribution is 2.17. The number of benzene rings is 1. The number of halogens is 1. The molecule has 0 saturated carbocycles. The standard InChI is InChI=1S/C10H8FNO/c11-5-10(13)8-6-12-9-4-2-1-3-7(8)9/h1-4,6,12H,5H2. The van der Waals surface area contributed by atoms with Crippen molar-refractivity contribution in [2.45, 2.75) is 0 Å². The van der Waals surface area contributed by atoms with Gasteiger partial charge in [-0.05, 0) is 6.07 Å². The van der Waals surface area contributed by atoms with Crippen LogP contribution in [0, 0.1) is 0 Å². The first kappa shape index (κ1) is 7.98. The van der Waals surface area contributed by atoms with Gasteiger partial charge in [0.2, 0.25) is 0 Å². The number of carbonyl (C=O) groups is 1. The third kappa shape index (κ3) is 1.22. The molecule has 1 N–H and O–H groups in total. The van der Waals surface area contributed by atoms with Crippen LogP contribution in [-0.2, 0) is 0 Å². The molecule has 1 heterocycles. The van der Waals surface area contributed by atoms with Gasteiger partial charge in [-0.25, -0.2) is 4.39 Å². The number of hydrogen-bond acceptors (Lipinski definition) is 1. The number of carbonyl (C=O) groups excluding carboxylic acids is 1. The Morgan fingerprint density at radius 1 is 1.38 bits per heavy atom. The van der Waals surface area contributed by atoms with Crippen LogP contribution in [0.15, 0.2) is 30.5 Å². The van der Waals surface area contributed by atoms with Gasteiger partial charge < -0.3 is 4.98 Å². The number of aromatic amines is 1. The normalized spacial score (nSPS) is 10.5. The van der Waals surface area contributed by atoms with Gasteiger partial charge in [0.25, 0.3) is 0 Å². The number of Topliss-reactive ketones (excluding diaryl/α,β-unsaturated/α-hetero) is 1. The van der Waals surface area contributed by atoms with E-state index in [9.17, 15) is 9.18 Å². The van der Waals surface area contributed by atoms with Gasteiger partial charge in [-0.1, -0.05) is 18.2 Å². The van der Waals surface area contributed by atoms with E-state index in [1.165, 1.54) is 0 Å². The highest BCUT2D eigenvalue weighted by molar-refractivity contribution is 6.08. The minimum absolute atomic E-state index is 0.429. The summed E-state index contributed by atoms with van der Waals surface area (Å²) in [5.41, 5.74) is 1.29. The maximum atomic E-state index is 12.1. The summed E-state index contributed by atoms with van der Waals surface area (Å²) in [5.74, 6) is -0.475. The first-order valence-corrected chi connectivity index (χ1v) is 3.98. The number of rotatable bonds is 2. The number of aromatic nitrogens is 1. The van der Waals surface area contributed by atoms with Crippen LogP contribution in [-0.4, -0.2) is 17.4 Å². The minimum atomic E-state index is -0.943. The van der Waals surface area contributed by atoms with Crippen LogP contribution in [0.2, 0.25) is 0 Å². The zero-order valence-electron chi connectivity index (χ0n) is 6.88. The fraction of sp³-hybridized carbons (Fsp3) is 0.100. The second-order valence-corrected chi connectivity index (χ2v) is 2.80. The number of fused-ring (bicyclic) bond motifs is 1. The van der Waals surface area contributed by atoms with E-state index in [1.54, 1.807) is 12.3 Å². The maximum Gasteiger partial charge on any atom is 0.195 e. The first-order chi connectivity index (χ1) is 6.33. The number of alkyl halides is 1. The van der Waals surface area contributed by atoms with Gasteiger partial charge in [0.1, 0.15) is 0 Å². The number of H-pyrrole nitrogens is 1. The highest BCUT2D eigenvalue weighted by Gasteiger charge is 2.10. The van der Waals surface area contributed by atoms with E-state index >= 15 is 0 Å². The molecule has 2 aromatic rings.